The zero-order valence-electron chi connectivity index (χ0n) is 22.5. The molecule has 0 unspecified atom stereocenters. The highest BCUT2D eigenvalue weighted by molar-refractivity contribution is 6.06. The number of amides is 2. The highest BCUT2D eigenvalue weighted by Gasteiger charge is 2.57. The quantitative estimate of drug-likeness (QED) is 0.284. The second-order valence-electron chi connectivity index (χ2n) is 10.8. The molecular formula is C29H33N3O7. The molecule has 0 bridgehead atoms. The topological polar surface area (TPSA) is 135 Å². The lowest BCUT2D eigenvalue weighted by atomic mass is 9.82. The van der Waals surface area contributed by atoms with E-state index >= 15 is 0 Å². The van der Waals surface area contributed by atoms with Gasteiger partial charge in [0.2, 0.25) is 18.6 Å². The van der Waals surface area contributed by atoms with E-state index in [-0.39, 0.29) is 23.9 Å². The number of nitrogens with zero attached hydrogens (tertiary/aromatic N) is 2. The molecule has 4 rings (SSSR count). The van der Waals surface area contributed by atoms with Crippen molar-refractivity contribution in [1.29, 1.82) is 0 Å². The van der Waals surface area contributed by atoms with Gasteiger partial charge >= 0.3 is 11.9 Å². The number of β-lactam (4-membered cyclic amide) rings is 1. The Balaban J connectivity index is 1.52. The number of fused-ring (bicyclic) bond motifs is 1. The van der Waals surface area contributed by atoms with E-state index in [1.165, 1.54) is 4.90 Å². The van der Waals surface area contributed by atoms with Gasteiger partial charge < -0.3 is 24.8 Å². The summed E-state index contributed by atoms with van der Waals surface area (Å²) in [7, 11) is 0. The van der Waals surface area contributed by atoms with E-state index in [2.05, 4.69) is 10.3 Å². The van der Waals surface area contributed by atoms with Crippen LogP contribution in [0.25, 0.3) is 5.57 Å². The molecule has 206 valence electrons. The molecule has 1 aromatic carbocycles. The van der Waals surface area contributed by atoms with Crippen molar-refractivity contribution in [2.45, 2.75) is 59.2 Å². The number of hydrogen-bond acceptors (Lipinski definition) is 8. The highest BCUT2D eigenvalue weighted by atomic mass is 16.7. The highest BCUT2D eigenvalue weighted by Crippen LogP contribution is 2.47. The van der Waals surface area contributed by atoms with Crippen LogP contribution in [-0.2, 0) is 41.6 Å². The minimum atomic E-state index is -0.878. The van der Waals surface area contributed by atoms with Crippen LogP contribution in [0.2, 0.25) is 0 Å². The van der Waals surface area contributed by atoms with Gasteiger partial charge in [-0.15, -0.1) is 0 Å². The molecule has 2 aromatic rings. The van der Waals surface area contributed by atoms with Crippen molar-refractivity contribution in [3.63, 3.8) is 0 Å². The summed E-state index contributed by atoms with van der Waals surface area (Å²) in [4.78, 5) is 56.2. The molecule has 0 radical (unpaired) electrons. The van der Waals surface area contributed by atoms with Gasteiger partial charge in [0.25, 0.3) is 0 Å². The molecule has 0 aliphatic carbocycles. The normalized spacial score (nSPS) is 19.2. The lowest BCUT2D eigenvalue weighted by Gasteiger charge is -2.44. The van der Waals surface area contributed by atoms with E-state index in [4.69, 9.17) is 9.47 Å². The van der Waals surface area contributed by atoms with E-state index in [1.807, 2.05) is 18.2 Å². The van der Waals surface area contributed by atoms with Gasteiger partial charge in [-0.05, 0) is 62.9 Å². The van der Waals surface area contributed by atoms with Crippen LogP contribution in [0, 0.1) is 11.3 Å². The average Bonchev–Trinajstić information content (AvgIpc) is 3.22. The predicted molar refractivity (Wildman–Crippen MR) is 140 cm³/mol. The van der Waals surface area contributed by atoms with Gasteiger partial charge in [-0.25, -0.2) is 4.79 Å². The van der Waals surface area contributed by atoms with E-state index in [9.17, 15) is 24.3 Å². The van der Waals surface area contributed by atoms with E-state index in [0.717, 1.165) is 11.3 Å². The van der Waals surface area contributed by atoms with Crippen LogP contribution in [0.3, 0.4) is 0 Å². The number of nitrogens with one attached hydrogen (secondary N) is 1. The third-order valence-corrected chi connectivity index (χ3v) is 6.75. The predicted octanol–water partition coefficient (Wildman–Crippen LogP) is 2.35. The molecule has 2 N–H and O–H groups in total. The fraction of sp³-hybridized carbons (Fsp3) is 0.414. The monoisotopic (exact) mass is 535 g/mol. The largest absolute Gasteiger partial charge is 0.427 e. The average molecular weight is 536 g/mol. The molecule has 1 aromatic heterocycles. The number of aliphatic hydroxyl groups is 1. The number of carbonyl (C=O) groups is 4. The Morgan fingerprint density at radius 2 is 1.92 bits per heavy atom. The fourth-order valence-electron chi connectivity index (χ4n) is 4.75. The molecule has 2 amide bonds. The maximum Gasteiger partial charge on any atom is 0.358 e. The maximum absolute atomic E-state index is 13.2. The summed E-state index contributed by atoms with van der Waals surface area (Å²) in [5.74, 6) is -2.52. The molecule has 1 saturated heterocycles. The third-order valence-electron chi connectivity index (χ3n) is 6.75. The number of esters is 2. The van der Waals surface area contributed by atoms with Crippen molar-refractivity contribution in [1.82, 2.24) is 15.2 Å². The Bertz CT molecular complexity index is 1300. The summed E-state index contributed by atoms with van der Waals surface area (Å²) in [6.07, 6.45) is 1.23. The number of hydrogen-bond donors (Lipinski definition) is 2. The lowest BCUT2D eigenvalue weighted by Crippen LogP contribution is -2.61. The minimum absolute atomic E-state index is 0.0606. The second kappa shape index (κ2) is 11.4. The van der Waals surface area contributed by atoms with Crippen LogP contribution >= 0.6 is 0 Å². The summed E-state index contributed by atoms with van der Waals surface area (Å²) in [5.41, 5.74) is 1.99. The van der Waals surface area contributed by atoms with Gasteiger partial charge in [-0.2, -0.15) is 0 Å². The van der Waals surface area contributed by atoms with Crippen molar-refractivity contribution >= 4 is 29.3 Å². The van der Waals surface area contributed by atoms with E-state index < -0.39 is 42.2 Å². The number of pyridine rings is 1. The number of carbonyl (C=O) groups excluding carboxylic acids is 4. The number of ether oxygens (including phenoxy) is 2. The molecule has 0 saturated carbocycles. The number of rotatable bonds is 9. The van der Waals surface area contributed by atoms with Gasteiger partial charge in [0.1, 0.15) is 5.70 Å². The smallest absolute Gasteiger partial charge is 0.358 e. The summed E-state index contributed by atoms with van der Waals surface area (Å²) in [6, 6.07) is 12.3. The van der Waals surface area contributed by atoms with Crippen molar-refractivity contribution in [3.05, 3.63) is 71.2 Å². The maximum atomic E-state index is 13.2. The van der Waals surface area contributed by atoms with E-state index in [0.29, 0.717) is 24.1 Å². The lowest BCUT2D eigenvalue weighted by molar-refractivity contribution is -0.175. The molecule has 1 fully saturated rings. The van der Waals surface area contributed by atoms with Gasteiger partial charge in [0, 0.05) is 6.20 Å². The van der Waals surface area contributed by atoms with Gasteiger partial charge in [0.15, 0.2) is 0 Å². The fourth-order valence-corrected chi connectivity index (χ4v) is 4.75. The van der Waals surface area contributed by atoms with Crippen LogP contribution in [0.1, 0.15) is 50.9 Å². The second-order valence-corrected chi connectivity index (χ2v) is 10.8. The van der Waals surface area contributed by atoms with Crippen molar-refractivity contribution < 1.29 is 33.8 Å². The first kappa shape index (κ1) is 28.0. The Hall–Kier alpha value is -4.05. The Morgan fingerprint density at radius 1 is 1.15 bits per heavy atom. The molecule has 3 atom stereocenters. The molecular weight excluding hydrogens is 502 g/mol. The first-order valence-corrected chi connectivity index (χ1v) is 12.8. The zero-order chi connectivity index (χ0) is 28.3. The summed E-state index contributed by atoms with van der Waals surface area (Å²) in [6.45, 7) is 6.31. The van der Waals surface area contributed by atoms with Crippen molar-refractivity contribution in [3.8, 4) is 0 Å². The number of aromatic nitrogens is 1. The van der Waals surface area contributed by atoms with Crippen LogP contribution in [0.5, 0.6) is 0 Å². The van der Waals surface area contributed by atoms with Crippen molar-refractivity contribution in [2.75, 3.05) is 6.79 Å². The molecule has 10 nitrogen and oxygen atoms in total. The van der Waals surface area contributed by atoms with Crippen LogP contribution in [-0.4, -0.2) is 57.7 Å². The molecule has 39 heavy (non-hydrogen) atoms. The molecule has 10 heteroatoms. The number of aliphatic hydroxyl groups excluding tert-OH is 1. The summed E-state index contributed by atoms with van der Waals surface area (Å²) in [5, 5.41) is 13.0. The Labute approximate surface area is 227 Å². The molecule has 2 aliphatic rings. The van der Waals surface area contributed by atoms with Gasteiger partial charge in [0.05, 0.1) is 42.1 Å². The SMILES string of the molecule is C[C@@H](O)[C@H]1C(=O)N2C(C(=O)OCOC(=O)C(C)(C)C)=C(c3cccc(CC(=O)NCc4ccccn4)c3)C[C@H]12. The third kappa shape index (κ3) is 6.17. The summed E-state index contributed by atoms with van der Waals surface area (Å²) < 4.78 is 10.3. The Kier molecular flexibility index (Phi) is 8.15. The zero-order valence-corrected chi connectivity index (χ0v) is 22.5. The number of benzene rings is 1. The van der Waals surface area contributed by atoms with Gasteiger partial charge in [-0.1, -0.05) is 30.3 Å². The van der Waals surface area contributed by atoms with Crippen LogP contribution in [0.4, 0.5) is 0 Å². The van der Waals surface area contributed by atoms with Crippen molar-refractivity contribution in [2.24, 2.45) is 11.3 Å². The Morgan fingerprint density at radius 3 is 2.59 bits per heavy atom. The van der Waals surface area contributed by atoms with Gasteiger partial charge in [-0.3, -0.25) is 19.4 Å². The minimum Gasteiger partial charge on any atom is -0.427 e. The first-order valence-electron chi connectivity index (χ1n) is 12.8. The standard InChI is InChI=1S/C29H33N3O7/c1-17(33)24-22-14-21(25(32(22)26(24)35)27(36)38-16-39-28(37)29(2,3)4)19-9-7-8-18(12-19)13-23(34)31-15-20-10-5-6-11-30-20/h5-12,17,22,24,33H,13-16H2,1-4H3,(H,31,34)/t17-,22-,24-/m1/s1. The van der Waals surface area contributed by atoms with Crippen LogP contribution in [0.15, 0.2) is 54.4 Å². The first-order chi connectivity index (χ1) is 18.5. The van der Waals surface area contributed by atoms with E-state index in [1.54, 1.807) is 58.2 Å². The van der Waals surface area contributed by atoms with Crippen LogP contribution < -0.4 is 5.32 Å². The molecule has 3 heterocycles. The molecule has 2 aliphatic heterocycles. The summed E-state index contributed by atoms with van der Waals surface area (Å²) >= 11 is 0. The molecule has 0 spiro atoms.